The number of carbonyl (C=O) groups excluding carboxylic acids is 2. The van der Waals surface area contributed by atoms with Crippen LogP contribution < -0.4 is 0 Å². The number of carbonyl (C=O) groups is 2. The summed E-state index contributed by atoms with van der Waals surface area (Å²) in [6, 6.07) is 0. The zero-order valence-corrected chi connectivity index (χ0v) is 9.03. The Bertz CT molecular complexity index is 350. The molecule has 0 spiro atoms. The number of Topliss-reactive ketones (excluding diaryl/α,β-unsaturated/α-hetero) is 2. The normalized spacial score (nSPS) is 31.7. The first-order chi connectivity index (χ1) is 7.16. The Hall–Kier alpha value is -1.18. The predicted octanol–water partition coefficient (Wildman–Crippen LogP) is 2.45. The van der Waals surface area contributed by atoms with Crippen LogP contribution in [0.25, 0.3) is 0 Å². The molecule has 2 rings (SSSR count). The average Bonchev–Trinajstić information content (AvgIpc) is 2.17. The first-order valence-electron chi connectivity index (χ1n) is 5.59. The molecule has 0 radical (unpaired) electrons. The molecule has 2 unspecified atom stereocenters. The molecule has 1 saturated carbocycles. The highest BCUT2D eigenvalue weighted by atomic mass is 16.1. The third kappa shape index (κ3) is 2.25. The fourth-order valence-electron chi connectivity index (χ4n) is 2.33. The van der Waals surface area contributed by atoms with Gasteiger partial charge in [0.25, 0.3) is 0 Å². The molecular formula is C13H16O2. The van der Waals surface area contributed by atoms with E-state index in [9.17, 15) is 9.59 Å². The molecule has 15 heavy (non-hydrogen) atoms. The summed E-state index contributed by atoms with van der Waals surface area (Å²) in [6.45, 7) is 2.15. The molecule has 80 valence electrons. The summed E-state index contributed by atoms with van der Waals surface area (Å²) < 4.78 is 0. The van der Waals surface area contributed by atoms with Gasteiger partial charge in [0.1, 0.15) is 11.6 Å². The lowest BCUT2D eigenvalue weighted by Gasteiger charge is -2.23. The van der Waals surface area contributed by atoms with Crippen molar-refractivity contribution >= 4 is 11.6 Å². The first-order valence-corrected chi connectivity index (χ1v) is 5.59. The van der Waals surface area contributed by atoms with Crippen molar-refractivity contribution < 1.29 is 9.59 Å². The molecular weight excluding hydrogens is 188 g/mol. The monoisotopic (exact) mass is 204 g/mol. The third-order valence-electron chi connectivity index (χ3n) is 3.17. The number of rotatable bonds is 1. The summed E-state index contributed by atoms with van der Waals surface area (Å²) in [5.41, 5.74) is 1.13. The Kier molecular flexibility index (Phi) is 2.85. The second-order valence-corrected chi connectivity index (χ2v) is 4.56. The average molecular weight is 204 g/mol. The minimum Gasteiger partial charge on any atom is -0.299 e. The summed E-state index contributed by atoms with van der Waals surface area (Å²) in [6.07, 6.45) is 8.84. The Morgan fingerprint density at radius 2 is 2.13 bits per heavy atom. The van der Waals surface area contributed by atoms with Crippen molar-refractivity contribution in [3.05, 3.63) is 23.8 Å². The van der Waals surface area contributed by atoms with Gasteiger partial charge in [-0.15, -0.1) is 0 Å². The van der Waals surface area contributed by atoms with Crippen LogP contribution in [0, 0.1) is 11.8 Å². The van der Waals surface area contributed by atoms with Crippen molar-refractivity contribution in [2.24, 2.45) is 11.8 Å². The lowest BCUT2D eigenvalue weighted by molar-refractivity contribution is -0.131. The maximum Gasteiger partial charge on any atom is 0.147 e. The van der Waals surface area contributed by atoms with Gasteiger partial charge in [0.2, 0.25) is 0 Å². The zero-order valence-electron chi connectivity index (χ0n) is 9.03. The van der Waals surface area contributed by atoms with Gasteiger partial charge < -0.3 is 0 Å². The van der Waals surface area contributed by atoms with Crippen LogP contribution in [0.5, 0.6) is 0 Å². The molecule has 2 aliphatic rings. The number of hydrogen-bond acceptors (Lipinski definition) is 2. The van der Waals surface area contributed by atoms with Crippen molar-refractivity contribution in [2.75, 3.05) is 0 Å². The smallest absolute Gasteiger partial charge is 0.147 e. The van der Waals surface area contributed by atoms with E-state index in [4.69, 9.17) is 0 Å². The van der Waals surface area contributed by atoms with E-state index in [1.54, 1.807) is 0 Å². The fraction of sp³-hybridized carbons (Fsp3) is 0.538. The number of ketones is 2. The van der Waals surface area contributed by atoms with Gasteiger partial charge in [0.15, 0.2) is 0 Å². The molecule has 0 heterocycles. The molecule has 0 saturated heterocycles. The predicted molar refractivity (Wildman–Crippen MR) is 58.4 cm³/mol. The molecule has 0 bridgehead atoms. The molecule has 0 aromatic heterocycles. The first kappa shape index (κ1) is 10.3. The standard InChI is InChI=1S/C13H16O2/c1-9-3-2-4-10(7-9)12-6-5-11(14)8-13(12)15/h2,4,7,9,12H,3,5-6,8H2,1H3. The van der Waals surface area contributed by atoms with E-state index in [0.29, 0.717) is 18.8 Å². The van der Waals surface area contributed by atoms with Crippen molar-refractivity contribution in [2.45, 2.75) is 32.6 Å². The lowest BCUT2D eigenvalue weighted by atomic mass is 9.79. The Morgan fingerprint density at radius 1 is 1.33 bits per heavy atom. The molecule has 0 N–H and O–H groups in total. The molecule has 0 amide bonds. The molecule has 2 heteroatoms. The SMILES string of the molecule is CC1C=C(C2CCC(=O)CC2=O)C=CC1. The summed E-state index contributed by atoms with van der Waals surface area (Å²) >= 11 is 0. The van der Waals surface area contributed by atoms with E-state index in [1.165, 1.54) is 0 Å². The maximum atomic E-state index is 11.7. The topological polar surface area (TPSA) is 34.1 Å². The van der Waals surface area contributed by atoms with E-state index in [1.807, 2.05) is 0 Å². The number of allylic oxidation sites excluding steroid dienone is 4. The largest absolute Gasteiger partial charge is 0.299 e. The van der Waals surface area contributed by atoms with Gasteiger partial charge in [-0.25, -0.2) is 0 Å². The molecule has 0 aromatic carbocycles. The molecule has 0 aromatic rings. The minimum absolute atomic E-state index is 0.0123. The van der Waals surface area contributed by atoms with E-state index in [0.717, 1.165) is 12.0 Å². The summed E-state index contributed by atoms with van der Waals surface area (Å²) in [7, 11) is 0. The Morgan fingerprint density at radius 3 is 2.80 bits per heavy atom. The molecule has 1 fully saturated rings. The highest BCUT2D eigenvalue weighted by molar-refractivity contribution is 6.03. The van der Waals surface area contributed by atoms with Crippen LogP contribution in [0.15, 0.2) is 23.8 Å². The van der Waals surface area contributed by atoms with Crippen molar-refractivity contribution in [3.63, 3.8) is 0 Å². The van der Waals surface area contributed by atoms with Crippen LogP contribution in [0.1, 0.15) is 32.6 Å². The van der Waals surface area contributed by atoms with Crippen molar-refractivity contribution in [3.8, 4) is 0 Å². The third-order valence-corrected chi connectivity index (χ3v) is 3.17. The van der Waals surface area contributed by atoms with Crippen molar-refractivity contribution in [1.82, 2.24) is 0 Å². The lowest BCUT2D eigenvalue weighted by Crippen LogP contribution is -2.26. The number of hydrogen-bond donors (Lipinski definition) is 0. The maximum absolute atomic E-state index is 11.7. The summed E-state index contributed by atoms with van der Waals surface area (Å²) in [5.74, 6) is 0.720. The molecule has 2 aliphatic carbocycles. The van der Waals surface area contributed by atoms with Gasteiger partial charge in [0.05, 0.1) is 6.42 Å². The van der Waals surface area contributed by atoms with Crippen LogP contribution in [-0.2, 0) is 9.59 Å². The van der Waals surface area contributed by atoms with E-state index < -0.39 is 0 Å². The highest BCUT2D eigenvalue weighted by Gasteiger charge is 2.29. The highest BCUT2D eigenvalue weighted by Crippen LogP contribution is 2.29. The van der Waals surface area contributed by atoms with Gasteiger partial charge >= 0.3 is 0 Å². The Balaban J connectivity index is 2.14. The van der Waals surface area contributed by atoms with E-state index >= 15 is 0 Å². The quantitative estimate of drug-likeness (QED) is 0.615. The van der Waals surface area contributed by atoms with E-state index in [2.05, 4.69) is 25.2 Å². The minimum atomic E-state index is -0.0123. The van der Waals surface area contributed by atoms with Crippen LogP contribution in [-0.4, -0.2) is 11.6 Å². The van der Waals surface area contributed by atoms with Crippen LogP contribution >= 0.6 is 0 Å². The summed E-state index contributed by atoms with van der Waals surface area (Å²) in [5, 5.41) is 0. The molecule has 2 nitrogen and oxygen atoms in total. The second kappa shape index (κ2) is 4.13. The zero-order chi connectivity index (χ0) is 10.8. The van der Waals surface area contributed by atoms with Crippen LogP contribution in [0.2, 0.25) is 0 Å². The van der Waals surface area contributed by atoms with Crippen LogP contribution in [0.3, 0.4) is 0 Å². The molecule has 0 aliphatic heterocycles. The molecule has 2 atom stereocenters. The fourth-order valence-corrected chi connectivity index (χ4v) is 2.33. The van der Waals surface area contributed by atoms with Gasteiger partial charge in [-0.2, -0.15) is 0 Å². The summed E-state index contributed by atoms with van der Waals surface area (Å²) in [4.78, 5) is 22.8. The Labute approximate surface area is 90.1 Å². The van der Waals surface area contributed by atoms with Crippen LogP contribution in [0.4, 0.5) is 0 Å². The second-order valence-electron chi connectivity index (χ2n) is 4.56. The van der Waals surface area contributed by atoms with E-state index in [-0.39, 0.29) is 23.9 Å². The van der Waals surface area contributed by atoms with Gasteiger partial charge in [-0.1, -0.05) is 25.2 Å². The van der Waals surface area contributed by atoms with Gasteiger partial charge in [0, 0.05) is 12.3 Å². The van der Waals surface area contributed by atoms with Gasteiger partial charge in [-0.05, 0) is 24.3 Å². The van der Waals surface area contributed by atoms with Gasteiger partial charge in [-0.3, -0.25) is 9.59 Å². The van der Waals surface area contributed by atoms with Crippen molar-refractivity contribution in [1.29, 1.82) is 0 Å².